The van der Waals surface area contributed by atoms with E-state index in [2.05, 4.69) is 62.8 Å². The fourth-order valence-electron chi connectivity index (χ4n) is 3.90. The van der Waals surface area contributed by atoms with Crippen LogP contribution < -0.4 is 20.3 Å². The highest BCUT2D eigenvalue weighted by Crippen LogP contribution is 2.20. The van der Waals surface area contributed by atoms with Crippen LogP contribution in [0, 0.1) is 0 Å². The van der Waals surface area contributed by atoms with Crippen LogP contribution in [0.15, 0.2) is 65.8 Å². The van der Waals surface area contributed by atoms with Gasteiger partial charge >= 0.3 is 0 Å². The van der Waals surface area contributed by atoms with Gasteiger partial charge in [0.05, 0.1) is 19.3 Å². The van der Waals surface area contributed by atoms with Gasteiger partial charge in [-0.2, -0.15) is 0 Å². The molecule has 2 heterocycles. The summed E-state index contributed by atoms with van der Waals surface area (Å²) in [5, 5.41) is 9.15. The van der Waals surface area contributed by atoms with E-state index < -0.39 is 0 Å². The fourth-order valence-corrected chi connectivity index (χ4v) is 3.90. The van der Waals surface area contributed by atoms with Gasteiger partial charge in [-0.25, -0.2) is 4.98 Å². The quantitative estimate of drug-likeness (QED) is 0.182. The van der Waals surface area contributed by atoms with Gasteiger partial charge in [-0.1, -0.05) is 30.3 Å². The number of aromatic nitrogens is 1. The van der Waals surface area contributed by atoms with Crippen molar-refractivity contribution < 1.29 is 9.47 Å². The van der Waals surface area contributed by atoms with E-state index in [1.54, 1.807) is 7.05 Å². The maximum atomic E-state index is 5.92. The summed E-state index contributed by atoms with van der Waals surface area (Å²) in [6, 6.07) is 18.7. The molecule has 0 aliphatic carbocycles. The Morgan fingerprint density at radius 1 is 1.15 bits per heavy atom. The molecule has 1 aliphatic rings. The minimum atomic E-state index is 0. The summed E-state index contributed by atoms with van der Waals surface area (Å²) in [7, 11) is 1.79. The maximum absolute atomic E-state index is 5.92. The summed E-state index contributed by atoms with van der Waals surface area (Å²) >= 11 is 0. The van der Waals surface area contributed by atoms with Crippen molar-refractivity contribution in [2.45, 2.75) is 26.0 Å². The summed E-state index contributed by atoms with van der Waals surface area (Å²) in [6.07, 6.45) is 2.98. The first kappa shape index (κ1) is 26.0. The Labute approximate surface area is 219 Å². The number of rotatable bonds is 8. The summed E-state index contributed by atoms with van der Waals surface area (Å²) in [6.45, 7) is 6.69. The predicted molar refractivity (Wildman–Crippen MR) is 150 cm³/mol. The lowest BCUT2D eigenvalue weighted by atomic mass is 10.1. The Balaban J connectivity index is 0.00000324. The third-order valence-electron chi connectivity index (χ3n) is 5.66. The third kappa shape index (κ3) is 7.46. The van der Waals surface area contributed by atoms with Crippen LogP contribution in [-0.2, 0) is 11.3 Å². The van der Waals surface area contributed by atoms with E-state index in [-0.39, 0.29) is 30.1 Å². The molecule has 1 aromatic heterocycles. The van der Waals surface area contributed by atoms with Crippen molar-refractivity contribution in [2.24, 2.45) is 4.99 Å². The number of benzene rings is 2. The molecule has 7 nitrogen and oxygen atoms in total. The molecule has 4 rings (SSSR count). The van der Waals surface area contributed by atoms with E-state index in [9.17, 15) is 0 Å². The second-order valence-corrected chi connectivity index (χ2v) is 8.21. The summed E-state index contributed by atoms with van der Waals surface area (Å²) in [5.41, 5.74) is 1.17. The zero-order valence-electron chi connectivity index (χ0n) is 19.9. The second-order valence-electron chi connectivity index (χ2n) is 8.21. The van der Waals surface area contributed by atoms with Crippen LogP contribution in [0.2, 0.25) is 0 Å². The van der Waals surface area contributed by atoms with E-state index >= 15 is 0 Å². The second kappa shape index (κ2) is 13.3. The van der Waals surface area contributed by atoms with E-state index in [4.69, 9.17) is 9.47 Å². The van der Waals surface area contributed by atoms with E-state index in [1.807, 2.05) is 30.5 Å². The SMILES string of the molecule is CN=C(NCCCOc1ccc2ccccc2c1)NCc1ccnc(N2CCOC(C)C2)c1.I. The van der Waals surface area contributed by atoms with Crippen LogP contribution in [0.3, 0.4) is 0 Å². The average molecular weight is 575 g/mol. The minimum Gasteiger partial charge on any atom is -0.494 e. The van der Waals surface area contributed by atoms with Crippen molar-refractivity contribution >= 4 is 46.5 Å². The molecule has 8 heteroatoms. The van der Waals surface area contributed by atoms with Crippen molar-refractivity contribution in [1.29, 1.82) is 0 Å². The monoisotopic (exact) mass is 575 g/mol. The molecular formula is C26H34IN5O2. The van der Waals surface area contributed by atoms with Crippen LogP contribution in [0.25, 0.3) is 10.8 Å². The van der Waals surface area contributed by atoms with Gasteiger partial charge in [-0.15, -0.1) is 24.0 Å². The van der Waals surface area contributed by atoms with Gasteiger partial charge in [-0.3, -0.25) is 4.99 Å². The maximum Gasteiger partial charge on any atom is 0.191 e. The molecule has 34 heavy (non-hydrogen) atoms. The molecule has 0 radical (unpaired) electrons. The van der Waals surface area contributed by atoms with Gasteiger partial charge in [0.25, 0.3) is 0 Å². The van der Waals surface area contributed by atoms with Gasteiger partial charge in [0.1, 0.15) is 11.6 Å². The highest BCUT2D eigenvalue weighted by molar-refractivity contribution is 14.0. The van der Waals surface area contributed by atoms with Gasteiger partial charge in [0.15, 0.2) is 5.96 Å². The number of halogens is 1. The third-order valence-corrected chi connectivity index (χ3v) is 5.66. The van der Waals surface area contributed by atoms with Gasteiger partial charge in [0.2, 0.25) is 0 Å². The molecule has 0 spiro atoms. The molecule has 2 N–H and O–H groups in total. The van der Waals surface area contributed by atoms with Crippen molar-refractivity contribution in [3.63, 3.8) is 0 Å². The number of nitrogens with one attached hydrogen (secondary N) is 2. The Morgan fingerprint density at radius 3 is 2.82 bits per heavy atom. The molecule has 0 amide bonds. The van der Waals surface area contributed by atoms with E-state index in [0.717, 1.165) is 50.2 Å². The summed E-state index contributed by atoms with van der Waals surface area (Å²) < 4.78 is 11.6. The molecule has 1 atom stereocenters. The average Bonchev–Trinajstić information content (AvgIpc) is 2.86. The number of nitrogens with zero attached hydrogens (tertiary/aromatic N) is 3. The Hall–Kier alpha value is -2.59. The Bertz CT molecular complexity index is 1080. The van der Waals surface area contributed by atoms with Crippen LogP contribution in [0.1, 0.15) is 18.9 Å². The zero-order chi connectivity index (χ0) is 22.9. The molecule has 0 saturated carbocycles. The Morgan fingerprint density at radius 2 is 2.00 bits per heavy atom. The number of hydrogen-bond acceptors (Lipinski definition) is 5. The van der Waals surface area contributed by atoms with Crippen molar-refractivity contribution in [3.8, 4) is 5.75 Å². The fraction of sp³-hybridized carbons (Fsp3) is 0.385. The van der Waals surface area contributed by atoms with E-state index in [1.165, 1.54) is 16.3 Å². The number of pyridine rings is 1. The molecular weight excluding hydrogens is 541 g/mol. The van der Waals surface area contributed by atoms with Crippen LogP contribution in [0.4, 0.5) is 5.82 Å². The lowest BCUT2D eigenvalue weighted by molar-refractivity contribution is 0.0529. The number of hydrogen-bond donors (Lipinski definition) is 2. The first-order chi connectivity index (χ1) is 16.2. The van der Waals surface area contributed by atoms with E-state index in [0.29, 0.717) is 13.2 Å². The van der Waals surface area contributed by atoms with Gasteiger partial charge < -0.3 is 25.0 Å². The molecule has 182 valence electrons. The molecule has 2 aromatic carbocycles. The first-order valence-electron chi connectivity index (χ1n) is 11.6. The number of guanidine groups is 1. The molecule has 1 saturated heterocycles. The van der Waals surface area contributed by atoms with Gasteiger partial charge in [0, 0.05) is 39.4 Å². The zero-order valence-corrected chi connectivity index (χ0v) is 22.2. The number of aliphatic imine (C=N–C) groups is 1. The molecule has 1 unspecified atom stereocenters. The number of anilines is 1. The van der Waals surface area contributed by atoms with Crippen LogP contribution in [0.5, 0.6) is 5.75 Å². The largest absolute Gasteiger partial charge is 0.494 e. The number of ether oxygens (including phenoxy) is 2. The lowest BCUT2D eigenvalue weighted by Gasteiger charge is -2.32. The predicted octanol–water partition coefficient (Wildman–Crippen LogP) is 4.21. The highest BCUT2D eigenvalue weighted by Gasteiger charge is 2.18. The van der Waals surface area contributed by atoms with Crippen molar-refractivity contribution in [3.05, 3.63) is 66.4 Å². The normalized spacial score (nSPS) is 16.1. The molecule has 1 fully saturated rings. The first-order valence-corrected chi connectivity index (χ1v) is 11.6. The topological polar surface area (TPSA) is 71.0 Å². The highest BCUT2D eigenvalue weighted by atomic mass is 127. The Kier molecular flexibility index (Phi) is 10.2. The smallest absolute Gasteiger partial charge is 0.191 e. The lowest BCUT2D eigenvalue weighted by Crippen LogP contribution is -2.41. The molecule has 3 aromatic rings. The molecule has 0 bridgehead atoms. The number of fused-ring (bicyclic) bond motifs is 1. The summed E-state index contributed by atoms with van der Waals surface area (Å²) in [4.78, 5) is 11.1. The standard InChI is InChI=1S/C26H33N5O2.HI/c1-20-19-31(13-15-32-20)25-16-21(10-12-28-25)18-30-26(27-2)29-11-5-14-33-24-9-8-22-6-3-4-7-23(22)17-24;/h3-4,6-10,12,16-17,20H,5,11,13-15,18-19H2,1-2H3,(H2,27,29,30);1H. The summed E-state index contributed by atoms with van der Waals surface area (Å²) in [5.74, 6) is 2.68. The van der Waals surface area contributed by atoms with Crippen LogP contribution in [-0.4, -0.2) is 56.9 Å². The van der Waals surface area contributed by atoms with Crippen molar-refractivity contribution in [2.75, 3.05) is 44.8 Å². The van der Waals surface area contributed by atoms with Crippen LogP contribution >= 0.6 is 24.0 Å². The minimum absolute atomic E-state index is 0. The molecule has 1 aliphatic heterocycles. The van der Waals surface area contributed by atoms with Gasteiger partial charge in [-0.05, 0) is 53.9 Å². The number of morpholine rings is 1. The van der Waals surface area contributed by atoms with Crippen molar-refractivity contribution in [1.82, 2.24) is 15.6 Å².